The summed E-state index contributed by atoms with van der Waals surface area (Å²) in [6.07, 6.45) is 19.4. The van der Waals surface area contributed by atoms with Gasteiger partial charge in [0.25, 0.3) is 5.82 Å². The first-order valence-corrected chi connectivity index (χ1v) is 8.83. The molecule has 0 aliphatic rings. The van der Waals surface area contributed by atoms with Crippen LogP contribution in [0.3, 0.4) is 0 Å². The molecule has 2 nitrogen and oxygen atoms in total. The minimum atomic E-state index is 1.20. The van der Waals surface area contributed by atoms with Crippen LogP contribution in [0.1, 0.15) is 83.9 Å². The van der Waals surface area contributed by atoms with Gasteiger partial charge in [0.1, 0.15) is 12.4 Å². The van der Waals surface area contributed by atoms with Crippen LogP contribution in [-0.2, 0) is 20.0 Å². The van der Waals surface area contributed by atoms with Gasteiger partial charge in [0, 0.05) is 6.42 Å². The Kier molecular flexibility index (Phi) is 9.44. The van der Waals surface area contributed by atoms with Crippen LogP contribution in [-0.4, -0.2) is 4.57 Å². The van der Waals surface area contributed by atoms with Crippen LogP contribution in [0.5, 0.6) is 0 Å². The van der Waals surface area contributed by atoms with Crippen molar-refractivity contribution in [2.45, 2.75) is 91.0 Å². The molecule has 1 aromatic rings. The average Bonchev–Trinajstić information content (AvgIpc) is 2.80. The van der Waals surface area contributed by atoms with Crippen LogP contribution in [0, 0.1) is 0 Å². The fourth-order valence-corrected chi connectivity index (χ4v) is 2.85. The lowest BCUT2D eigenvalue weighted by Gasteiger charge is -2.04. The molecule has 116 valence electrons. The standard InChI is InChI=1S/C18H35N2/c1-4-6-8-10-11-13-15-20-17-16-19(3)18(20)14-12-9-7-5-2/h16-17H,4-15H2,1-3H3/q+1. The van der Waals surface area contributed by atoms with E-state index in [0.717, 1.165) is 0 Å². The van der Waals surface area contributed by atoms with Gasteiger partial charge in [-0.1, -0.05) is 58.8 Å². The van der Waals surface area contributed by atoms with E-state index in [1.807, 2.05) is 0 Å². The third-order valence-electron chi connectivity index (χ3n) is 4.22. The maximum Gasteiger partial charge on any atom is 0.256 e. The minimum absolute atomic E-state index is 1.20. The van der Waals surface area contributed by atoms with E-state index in [1.165, 1.54) is 83.0 Å². The molecule has 1 rings (SSSR count). The van der Waals surface area contributed by atoms with E-state index >= 15 is 0 Å². The predicted molar refractivity (Wildman–Crippen MR) is 86.8 cm³/mol. The number of hydrogen-bond acceptors (Lipinski definition) is 0. The number of imidazole rings is 1. The molecule has 0 atom stereocenters. The molecule has 0 unspecified atom stereocenters. The minimum Gasteiger partial charge on any atom is -0.237 e. The van der Waals surface area contributed by atoms with E-state index in [4.69, 9.17) is 0 Å². The second-order valence-electron chi connectivity index (χ2n) is 6.10. The Morgan fingerprint density at radius 1 is 0.850 bits per heavy atom. The molecule has 20 heavy (non-hydrogen) atoms. The van der Waals surface area contributed by atoms with Crippen molar-refractivity contribution in [1.82, 2.24) is 4.57 Å². The first kappa shape index (κ1) is 17.3. The van der Waals surface area contributed by atoms with Crippen molar-refractivity contribution < 1.29 is 4.57 Å². The quantitative estimate of drug-likeness (QED) is 0.384. The Morgan fingerprint density at radius 2 is 1.45 bits per heavy atom. The molecule has 0 aromatic carbocycles. The highest BCUT2D eigenvalue weighted by molar-refractivity contribution is 4.84. The van der Waals surface area contributed by atoms with Crippen LogP contribution >= 0.6 is 0 Å². The third kappa shape index (κ3) is 6.58. The fraction of sp³-hybridized carbons (Fsp3) is 0.833. The first-order chi connectivity index (χ1) is 9.79. The van der Waals surface area contributed by atoms with Crippen molar-refractivity contribution in [2.24, 2.45) is 7.05 Å². The topological polar surface area (TPSA) is 8.81 Å². The molecule has 0 radical (unpaired) electrons. The van der Waals surface area contributed by atoms with Gasteiger partial charge in [-0.05, 0) is 19.3 Å². The summed E-state index contributed by atoms with van der Waals surface area (Å²) >= 11 is 0. The normalized spacial score (nSPS) is 11.2. The fourth-order valence-electron chi connectivity index (χ4n) is 2.85. The van der Waals surface area contributed by atoms with Crippen molar-refractivity contribution in [3.63, 3.8) is 0 Å². The molecular weight excluding hydrogens is 244 g/mol. The zero-order valence-electron chi connectivity index (χ0n) is 14.0. The maximum atomic E-state index is 2.48. The van der Waals surface area contributed by atoms with Gasteiger partial charge in [-0.15, -0.1) is 0 Å². The molecule has 0 saturated carbocycles. The second-order valence-corrected chi connectivity index (χ2v) is 6.10. The number of unbranched alkanes of at least 4 members (excludes halogenated alkanes) is 8. The van der Waals surface area contributed by atoms with E-state index in [9.17, 15) is 0 Å². The van der Waals surface area contributed by atoms with E-state index in [2.05, 4.69) is 42.4 Å². The van der Waals surface area contributed by atoms with E-state index in [0.29, 0.717) is 0 Å². The van der Waals surface area contributed by atoms with Gasteiger partial charge >= 0.3 is 0 Å². The van der Waals surface area contributed by atoms with E-state index < -0.39 is 0 Å². The second kappa shape index (κ2) is 10.9. The van der Waals surface area contributed by atoms with Crippen LogP contribution in [0.25, 0.3) is 0 Å². The molecule has 0 saturated heterocycles. The predicted octanol–water partition coefficient (Wildman–Crippen LogP) is 4.80. The molecule has 1 aromatic heterocycles. The number of aryl methyl sites for hydroxylation is 2. The number of aromatic nitrogens is 2. The molecule has 1 heterocycles. The molecule has 0 amide bonds. The van der Waals surface area contributed by atoms with Crippen LogP contribution < -0.4 is 4.57 Å². The van der Waals surface area contributed by atoms with Gasteiger partial charge in [-0.3, -0.25) is 0 Å². The first-order valence-electron chi connectivity index (χ1n) is 8.83. The molecule has 0 N–H and O–H groups in total. The highest BCUT2D eigenvalue weighted by Gasteiger charge is 2.13. The van der Waals surface area contributed by atoms with Gasteiger partial charge in [-0.2, -0.15) is 0 Å². The van der Waals surface area contributed by atoms with Crippen molar-refractivity contribution in [2.75, 3.05) is 0 Å². The Bertz CT molecular complexity index is 341. The lowest BCUT2D eigenvalue weighted by atomic mass is 10.1. The molecular formula is C18H35N2+. The molecule has 0 bridgehead atoms. The lowest BCUT2D eigenvalue weighted by Crippen LogP contribution is -2.32. The maximum absolute atomic E-state index is 2.48. The zero-order valence-corrected chi connectivity index (χ0v) is 14.0. The van der Waals surface area contributed by atoms with Crippen molar-refractivity contribution in [1.29, 1.82) is 0 Å². The number of hydrogen-bond donors (Lipinski definition) is 0. The van der Waals surface area contributed by atoms with Gasteiger partial charge in [0.15, 0.2) is 0 Å². The molecule has 0 aliphatic carbocycles. The molecule has 0 aliphatic heterocycles. The monoisotopic (exact) mass is 279 g/mol. The highest BCUT2D eigenvalue weighted by Crippen LogP contribution is 2.09. The van der Waals surface area contributed by atoms with Gasteiger partial charge in [0.05, 0.1) is 13.6 Å². The molecule has 2 heteroatoms. The Hall–Kier alpha value is -0.790. The Labute approximate surface area is 126 Å². The summed E-state index contributed by atoms with van der Waals surface area (Å²) in [5, 5.41) is 0. The third-order valence-corrected chi connectivity index (χ3v) is 4.22. The van der Waals surface area contributed by atoms with Crippen LogP contribution in [0.15, 0.2) is 12.4 Å². The summed E-state index contributed by atoms with van der Waals surface area (Å²) in [6.45, 7) is 5.77. The number of rotatable bonds is 12. The Morgan fingerprint density at radius 3 is 2.15 bits per heavy atom. The van der Waals surface area contributed by atoms with Crippen molar-refractivity contribution in [3.8, 4) is 0 Å². The van der Waals surface area contributed by atoms with Crippen LogP contribution in [0.2, 0.25) is 0 Å². The lowest BCUT2D eigenvalue weighted by molar-refractivity contribution is -0.678. The van der Waals surface area contributed by atoms with Gasteiger partial charge in [-0.25, -0.2) is 9.13 Å². The highest BCUT2D eigenvalue weighted by atomic mass is 15.1. The van der Waals surface area contributed by atoms with Gasteiger partial charge < -0.3 is 0 Å². The van der Waals surface area contributed by atoms with E-state index in [-0.39, 0.29) is 0 Å². The summed E-state index contributed by atoms with van der Waals surface area (Å²) in [6, 6.07) is 0. The van der Waals surface area contributed by atoms with Gasteiger partial charge in [0.2, 0.25) is 0 Å². The molecule has 0 fully saturated rings. The largest absolute Gasteiger partial charge is 0.256 e. The van der Waals surface area contributed by atoms with Crippen molar-refractivity contribution in [3.05, 3.63) is 18.2 Å². The Balaban J connectivity index is 2.27. The average molecular weight is 279 g/mol. The SMILES string of the molecule is CCCCCCCCn1cc[n+](C)c1CCCCCC. The molecule has 0 spiro atoms. The summed E-state index contributed by atoms with van der Waals surface area (Å²) in [5.74, 6) is 1.51. The summed E-state index contributed by atoms with van der Waals surface area (Å²) in [4.78, 5) is 0. The van der Waals surface area contributed by atoms with Crippen molar-refractivity contribution >= 4 is 0 Å². The number of nitrogens with zero attached hydrogens (tertiary/aromatic N) is 2. The van der Waals surface area contributed by atoms with Crippen LogP contribution in [0.4, 0.5) is 0 Å². The smallest absolute Gasteiger partial charge is 0.237 e. The van der Waals surface area contributed by atoms with E-state index in [1.54, 1.807) is 0 Å². The zero-order chi connectivity index (χ0) is 14.6. The summed E-state index contributed by atoms with van der Waals surface area (Å²) in [7, 11) is 2.19. The summed E-state index contributed by atoms with van der Waals surface area (Å²) < 4.78 is 4.79. The summed E-state index contributed by atoms with van der Waals surface area (Å²) in [5.41, 5.74) is 0.